The molecule has 0 spiro atoms. The zero-order valence-electron chi connectivity index (χ0n) is 12.8. The standard InChI is InChI=1S/C15H25N3O.HI/c1-5-10-17-15(16-4)18-11-13-6-8-14(9-7-13)19-12(2)3;/h6-9,12H,5,10-11H2,1-4H3,(H2,16,17,18);1H. The summed E-state index contributed by atoms with van der Waals surface area (Å²) in [7, 11) is 1.78. The third-order valence-electron chi connectivity index (χ3n) is 2.52. The smallest absolute Gasteiger partial charge is 0.191 e. The van der Waals surface area contributed by atoms with Crippen molar-refractivity contribution in [2.75, 3.05) is 13.6 Å². The van der Waals surface area contributed by atoms with Gasteiger partial charge in [-0.05, 0) is 38.0 Å². The van der Waals surface area contributed by atoms with E-state index in [1.165, 1.54) is 5.56 Å². The lowest BCUT2D eigenvalue weighted by atomic mass is 10.2. The summed E-state index contributed by atoms with van der Waals surface area (Å²) in [6, 6.07) is 8.13. The number of benzene rings is 1. The molecule has 0 radical (unpaired) electrons. The van der Waals surface area contributed by atoms with Crippen molar-refractivity contribution >= 4 is 29.9 Å². The van der Waals surface area contributed by atoms with E-state index in [1.54, 1.807) is 7.05 Å². The van der Waals surface area contributed by atoms with E-state index in [0.717, 1.165) is 31.2 Å². The molecular formula is C15H26IN3O. The first kappa shape index (κ1) is 19.0. The summed E-state index contributed by atoms with van der Waals surface area (Å²) in [6.07, 6.45) is 1.29. The molecule has 5 heteroatoms. The number of hydrogen-bond donors (Lipinski definition) is 2. The minimum Gasteiger partial charge on any atom is -0.491 e. The molecular weight excluding hydrogens is 365 g/mol. The molecule has 0 unspecified atom stereocenters. The molecule has 0 saturated heterocycles. The van der Waals surface area contributed by atoms with Crippen LogP contribution in [0.3, 0.4) is 0 Å². The number of aliphatic imine (C=N–C) groups is 1. The molecule has 0 aliphatic rings. The third kappa shape index (κ3) is 7.57. The summed E-state index contributed by atoms with van der Waals surface area (Å²) >= 11 is 0. The highest BCUT2D eigenvalue weighted by Gasteiger charge is 1.99. The summed E-state index contributed by atoms with van der Waals surface area (Å²) in [5, 5.41) is 6.52. The minimum atomic E-state index is 0. The first-order valence-corrected chi connectivity index (χ1v) is 6.85. The van der Waals surface area contributed by atoms with E-state index in [2.05, 4.69) is 34.7 Å². The summed E-state index contributed by atoms with van der Waals surface area (Å²) in [5.74, 6) is 1.75. The van der Waals surface area contributed by atoms with Gasteiger partial charge in [0, 0.05) is 20.1 Å². The van der Waals surface area contributed by atoms with Gasteiger partial charge in [0.1, 0.15) is 5.75 Å². The number of halogens is 1. The molecule has 0 heterocycles. The van der Waals surface area contributed by atoms with E-state index in [0.29, 0.717) is 0 Å². The van der Waals surface area contributed by atoms with E-state index in [4.69, 9.17) is 4.74 Å². The van der Waals surface area contributed by atoms with Gasteiger partial charge < -0.3 is 15.4 Å². The van der Waals surface area contributed by atoms with Gasteiger partial charge in [0.2, 0.25) is 0 Å². The number of hydrogen-bond acceptors (Lipinski definition) is 2. The molecule has 0 atom stereocenters. The second-order valence-corrected chi connectivity index (χ2v) is 4.66. The summed E-state index contributed by atoms with van der Waals surface area (Å²) in [4.78, 5) is 4.17. The van der Waals surface area contributed by atoms with Gasteiger partial charge in [-0.15, -0.1) is 24.0 Å². The van der Waals surface area contributed by atoms with Crippen LogP contribution in [0, 0.1) is 0 Å². The molecule has 1 aromatic rings. The molecule has 0 aromatic heterocycles. The van der Waals surface area contributed by atoms with Gasteiger partial charge in [0.25, 0.3) is 0 Å². The number of ether oxygens (including phenoxy) is 1. The Morgan fingerprint density at radius 1 is 1.20 bits per heavy atom. The van der Waals surface area contributed by atoms with Gasteiger partial charge in [-0.25, -0.2) is 0 Å². The fourth-order valence-electron chi connectivity index (χ4n) is 1.61. The summed E-state index contributed by atoms with van der Waals surface area (Å²) < 4.78 is 5.61. The van der Waals surface area contributed by atoms with Crippen LogP contribution >= 0.6 is 24.0 Å². The first-order valence-electron chi connectivity index (χ1n) is 6.85. The summed E-state index contributed by atoms with van der Waals surface area (Å²) in [5.41, 5.74) is 1.20. The maximum atomic E-state index is 5.61. The zero-order chi connectivity index (χ0) is 14.1. The fraction of sp³-hybridized carbons (Fsp3) is 0.533. The van der Waals surface area contributed by atoms with Crippen LogP contribution in [0.15, 0.2) is 29.3 Å². The quantitative estimate of drug-likeness (QED) is 0.445. The van der Waals surface area contributed by atoms with Crippen LogP contribution in [0.25, 0.3) is 0 Å². The van der Waals surface area contributed by atoms with Gasteiger partial charge in [-0.3, -0.25) is 4.99 Å². The van der Waals surface area contributed by atoms with E-state index in [-0.39, 0.29) is 30.1 Å². The van der Waals surface area contributed by atoms with E-state index in [9.17, 15) is 0 Å². The molecule has 4 nitrogen and oxygen atoms in total. The van der Waals surface area contributed by atoms with Crippen molar-refractivity contribution in [2.45, 2.75) is 39.8 Å². The van der Waals surface area contributed by atoms with Gasteiger partial charge in [0.05, 0.1) is 6.10 Å². The third-order valence-corrected chi connectivity index (χ3v) is 2.52. The number of rotatable bonds is 6. The Morgan fingerprint density at radius 2 is 1.85 bits per heavy atom. The Balaban J connectivity index is 0.00000361. The molecule has 1 aromatic carbocycles. The van der Waals surface area contributed by atoms with Crippen molar-refractivity contribution in [2.24, 2.45) is 4.99 Å². The highest BCUT2D eigenvalue weighted by atomic mass is 127. The van der Waals surface area contributed by atoms with Crippen LogP contribution in [0.5, 0.6) is 5.75 Å². The predicted molar refractivity (Wildman–Crippen MR) is 96.1 cm³/mol. The predicted octanol–water partition coefficient (Wildman–Crippen LogP) is 3.17. The molecule has 2 N–H and O–H groups in total. The first-order chi connectivity index (χ1) is 9.15. The normalized spacial score (nSPS) is 10.9. The van der Waals surface area contributed by atoms with Crippen molar-refractivity contribution in [3.8, 4) is 5.75 Å². The number of nitrogens with zero attached hydrogens (tertiary/aromatic N) is 1. The van der Waals surface area contributed by atoms with Crippen LogP contribution in [-0.2, 0) is 6.54 Å². The van der Waals surface area contributed by atoms with Gasteiger partial charge in [-0.2, -0.15) is 0 Å². The second kappa shape index (κ2) is 10.8. The average Bonchev–Trinajstić information content (AvgIpc) is 2.40. The summed E-state index contributed by atoms with van der Waals surface area (Å²) in [6.45, 7) is 7.87. The van der Waals surface area contributed by atoms with Crippen LogP contribution in [-0.4, -0.2) is 25.7 Å². The highest BCUT2D eigenvalue weighted by molar-refractivity contribution is 14.0. The van der Waals surface area contributed by atoms with Crippen LogP contribution < -0.4 is 15.4 Å². The molecule has 1 rings (SSSR count). The Morgan fingerprint density at radius 3 is 2.35 bits per heavy atom. The van der Waals surface area contributed by atoms with Gasteiger partial charge in [0.15, 0.2) is 5.96 Å². The van der Waals surface area contributed by atoms with Crippen molar-refractivity contribution < 1.29 is 4.74 Å². The second-order valence-electron chi connectivity index (χ2n) is 4.66. The molecule has 0 aliphatic carbocycles. The maximum absolute atomic E-state index is 5.61. The lowest BCUT2D eigenvalue weighted by Gasteiger charge is -2.12. The Hall–Kier alpha value is -0.980. The molecule has 0 fully saturated rings. The van der Waals surface area contributed by atoms with Gasteiger partial charge in [-0.1, -0.05) is 19.1 Å². The molecule has 0 saturated carbocycles. The SMILES string of the molecule is CCCNC(=NC)NCc1ccc(OC(C)C)cc1.I. The van der Waals surface area contributed by atoms with Crippen LogP contribution in [0.2, 0.25) is 0 Å². The molecule has 114 valence electrons. The lowest BCUT2D eigenvalue weighted by molar-refractivity contribution is 0.242. The molecule has 0 bridgehead atoms. The maximum Gasteiger partial charge on any atom is 0.191 e. The number of guanidine groups is 1. The Labute approximate surface area is 139 Å². The highest BCUT2D eigenvalue weighted by Crippen LogP contribution is 2.13. The average molecular weight is 391 g/mol. The topological polar surface area (TPSA) is 45.7 Å². The molecule has 0 amide bonds. The monoisotopic (exact) mass is 391 g/mol. The van der Waals surface area contributed by atoms with Crippen molar-refractivity contribution in [3.63, 3.8) is 0 Å². The van der Waals surface area contributed by atoms with Gasteiger partial charge >= 0.3 is 0 Å². The van der Waals surface area contributed by atoms with Crippen LogP contribution in [0.1, 0.15) is 32.8 Å². The van der Waals surface area contributed by atoms with Crippen molar-refractivity contribution in [3.05, 3.63) is 29.8 Å². The fourth-order valence-corrected chi connectivity index (χ4v) is 1.61. The minimum absolute atomic E-state index is 0. The number of nitrogens with one attached hydrogen (secondary N) is 2. The zero-order valence-corrected chi connectivity index (χ0v) is 15.1. The largest absolute Gasteiger partial charge is 0.491 e. The van der Waals surface area contributed by atoms with E-state index < -0.39 is 0 Å². The van der Waals surface area contributed by atoms with E-state index in [1.807, 2.05) is 26.0 Å². The lowest BCUT2D eigenvalue weighted by Crippen LogP contribution is -2.37. The van der Waals surface area contributed by atoms with Crippen molar-refractivity contribution in [1.82, 2.24) is 10.6 Å². The molecule has 0 aliphatic heterocycles. The van der Waals surface area contributed by atoms with Crippen molar-refractivity contribution in [1.29, 1.82) is 0 Å². The Bertz CT molecular complexity index is 391. The molecule has 20 heavy (non-hydrogen) atoms. The van der Waals surface area contributed by atoms with E-state index >= 15 is 0 Å². The Kier molecular flexibility index (Phi) is 10.2. The van der Waals surface area contributed by atoms with Crippen LogP contribution in [0.4, 0.5) is 0 Å².